The molecule has 3 nitrogen and oxygen atoms in total. The Labute approximate surface area is 95.6 Å². The maximum absolute atomic E-state index is 9.77. The van der Waals surface area contributed by atoms with E-state index in [-0.39, 0.29) is 11.2 Å². The lowest BCUT2D eigenvalue weighted by Crippen LogP contribution is -2.45. The Hall–Kier alpha value is -1.22. The van der Waals surface area contributed by atoms with E-state index >= 15 is 0 Å². The molecule has 2 aliphatic rings. The normalized spacial score (nSPS) is 29.1. The van der Waals surface area contributed by atoms with E-state index in [1.165, 1.54) is 12.0 Å². The summed E-state index contributed by atoms with van der Waals surface area (Å²) in [7, 11) is 2.15. The number of para-hydroxylation sites is 1. The topological polar surface area (TPSA) is 32.7 Å². The van der Waals surface area contributed by atoms with Crippen LogP contribution in [0.5, 0.6) is 11.5 Å². The number of likely N-dealkylation sites (N-methyl/N-ethyl adjacent to an activating group) is 1. The first-order chi connectivity index (χ1) is 7.71. The van der Waals surface area contributed by atoms with Gasteiger partial charge in [-0.3, -0.25) is 0 Å². The Bertz CT molecular complexity index is 418. The number of phenolic OH excluding ortho intramolecular Hbond substituents is 1. The summed E-state index contributed by atoms with van der Waals surface area (Å²) >= 11 is 0. The number of hydrogen-bond acceptors (Lipinski definition) is 3. The van der Waals surface area contributed by atoms with E-state index in [1.807, 2.05) is 6.07 Å². The van der Waals surface area contributed by atoms with Crippen LogP contribution in [-0.2, 0) is 5.41 Å². The minimum Gasteiger partial charge on any atom is -0.504 e. The molecule has 1 N–H and O–H groups in total. The summed E-state index contributed by atoms with van der Waals surface area (Å²) in [6, 6.07) is 5.71. The first-order valence-corrected chi connectivity index (χ1v) is 5.85. The van der Waals surface area contributed by atoms with Gasteiger partial charge in [-0.1, -0.05) is 12.1 Å². The van der Waals surface area contributed by atoms with Crippen LogP contribution in [0, 0.1) is 0 Å². The molecule has 2 aliphatic heterocycles. The van der Waals surface area contributed by atoms with Crippen molar-refractivity contribution in [1.82, 2.24) is 4.90 Å². The highest BCUT2D eigenvalue weighted by Gasteiger charge is 2.43. The van der Waals surface area contributed by atoms with E-state index in [2.05, 4.69) is 18.0 Å². The van der Waals surface area contributed by atoms with Crippen LogP contribution in [0.25, 0.3) is 0 Å². The third kappa shape index (κ3) is 1.31. The second kappa shape index (κ2) is 3.39. The van der Waals surface area contributed by atoms with Gasteiger partial charge in [-0.15, -0.1) is 0 Å². The molecule has 0 aromatic heterocycles. The van der Waals surface area contributed by atoms with Gasteiger partial charge in [-0.25, -0.2) is 0 Å². The van der Waals surface area contributed by atoms with E-state index in [4.69, 9.17) is 4.74 Å². The van der Waals surface area contributed by atoms with Gasteiger partial charge in [0.2, 0.25) is 0 Å². The first kappa shape index (κ1) is 9.97. The molecule has 1 aromatic rings. The lowest BCUT2D eigenvalue weighted by atomic mass is 9.76. The third-order valence-electron chi connectivity index (χ3n) is 3.83. The zero-order valence-electron chi connectivity index (χ0n) is 9.57. The number of aromatic hydroxyl groups is 1. The SMILES string of the molecule is CN1CCCC2(COc3c(O)cccc32)C1. The van der Waals surface area contributed by atoms with E-state index in [0.29, 0.717) is 12.4 Å². The van der Waals surface area contributed by atoms with E-state index < -0.39 is 0 Å². The number of phenols is 1. The quantitative estimate of drug-likeness (QED) is 0.721. The minimum absolute atomic E-state index is 0.112. The minimum atomic E-state index is 0.112. The number of fused-ring (bicyclic) bond motifs is 2. The van der Waals surface area contributed by atoms with Crippen molar-refractivity contribution >= 4 is 0 Å². The van der Waals surface area contributed by atoms with Crippen molar-refractivity contribution in [2.75, 3.05) is 26.7 Å². The van der Waals surface area contributed by atoms with Gasteiger partial charge in [0.15, 0.2) is 11.5 Å². The Morgan fingerprint density at radius 2 is 2.31 bits per heavy atom. The fraction of sp³-hybridized carbons (Fsp3) is 0.538. The van der Waals surface area contributed by atoms with E-state index in [9.17, 15) is 5.11 Å². The first-order valence-electron chi connectivity index (χ1n) is 5.85. The lowest BCUT2D eigenvalue weighted by Gasteiger charge is -2.37. The number of ether oxygens (including phenoxy) is 1. The fourth-order valence-corrected chi connectivity index (χ4v) is 3.08. The summed E-state index contributed by atoms with van der Waals surface area (Å²) < 4.78 is 5.69. The van der Waals surface area contributed by atoms with Gasteiger partial charge in [-0.05, 0) is 32.5 Å². The lowest BCUT2D eigenvalue weighted by molar-refractivity contribution is 0.143. The average Bonchev–Trinajstić information content (AvgIpc) is 2.59. The van der Waals surface area contributed by atoms with Crippen molar-refractivity contribution in [3.05, 3.63) is 23.8 Å². The second-order valence-electron chi connectivity index (χ2n) is 5.06. The van der Waals surface area contributed by atoms with Crippen LogP contribution in [0.4, 0.5) is 0 Å². The summed E-state index contributed by atoms with van der Waals surface area (Å²) in [4.78, 5) is 2.35. The molecule has 0 saturated carbocycles. The Balaban J connectivity index is 2.04. The summed E-state index contributed by atoms with van der Waals surface area (Å²) in [5.74, 6) is 0.986. The largest absolute Gasteiger partial charge is 0.504 e. The molecule has 1 atom stereocenters. The molecule has 3 rings (SSSR count). The number of rotatable bonds is 0. The number of likely N-dealkylation sites (tertiary alicyclic amines) is 1. The molecular weight excluding hydrogens is 202 g/mol. The summed E-state index contributed by atoms with van der Waals surface area (Å²) in [5, 5.41) is 9.77. The molecule has 1 unspecified atom stereocenters. The third-order valence-corrected chi connectivity index (χ3v) is 3.83. The van der Waals surface area contributed by atoms with Crippen molar-refractivity contribution in [3.8, 4) is 11.5 Å². The fourth-order valence-electron chi connectivity index (χ4n) is 3.08. The predicted molar refractivity (Wildman–Crippen MR) is 62.0 cm³/mol. The zero-order valence-corrected chi connectivity index (χ0v) is 9.57. The molecule has 2 heterocycles. The molecule has 3 heteroatoms. The second-order valence-corrected chi connectivity index (χ2v) is 5.06. The highest BCUT2D eigenvalue weighted by atomic mass is 16.5. The summed E-state index contributed by atoms with van der Waals surface area (Å²) in [6.45, 7) is 2.91. The van der Waals surface area contributed by atoms with Gasteiger partial charge in [0.1, 0.15) is 0 Å². The van der Waals surface area contributed by atoms with Gasteiger partial charge >= 0.3 is 0 Å². The van der Waals surface area contributed by atoms with Crippen molar-refractivity contribution in [1.29, 1.82) is 0 Å². The monoisotopic (exact) mass is 219 g/mol. The van der Waals surface area contributed by atoms with Gasteiger partial charge in [0, 0.05) is 17.5 Å². The Morgan fingerprint density at radius 3 is 3.12 bits per heavy atom. The average molecular weight is 219 g/mol. The van der Waals surface area contributed by atoms with Gasteiger partial charge < -0.3 is 14.7 Å². The summed E-state index contributed by atoms with van der Waals surface area (Å²) in [5.41, 5.74) is 1.31. The van der Waals surface area contributed by atoms with Crippen molar-refractivity contribution in [2.24, 2.45) is 0 Å². The zero-order chi connectivity index (χ0) is 11.2. The standard InChI is InChI=1S/C13H17NO2/c1-14-7-3-6-13(8-14)9-16-12-10(13)4-2-5-11(12)15/h2,4-5,15H,3,6-9H2,1H3. The van der Waals surface area contributed by atoms with Crippen LogP contribution >= 0.6 is 0 Å². The highest BCUT2D eigenvalue weighted by molar-refractivity contribution is 5.52. The number of piperidine rings is 1. The number of benzene rings is 1. The van der Waals surface area contributed by atoms with Crippen molar-refractivity contribution in [2.45, 2.75) is 18.3 Å². The molecule has 1 spiro atoms. The van der Waals surface area contributed by atoms with Crippen LogP contribution in [0.15, 0.2) is 18.2 Å². The number of nitrogens with zero attached hydrogens (tertiary/aromatic N) is 1. The van der Waals surface area contributed by atoms with E-state index in [0.717, 1.165) is 19.5 Å². The van der Waals surface area contributed by atoms with Crippen LogP contribution in [0.3, 0.4) is 0 Å². The molecule has 0 amide bonds. The molecule has 0 bridgehead atoms. The van der Waals surface area contributed by atoms with Gasteiger partial charge in [0.05, 0.1) is 6.61 Å². The van der Waals surface area contributed by atoms with Crippen molar-refractivity contribution in [3.63, 3.8) is 0 Å². The molecule has 16 heavy (non-hydrogen) atoms. The molecule has 0 aliphatic carbocycles. The summed E-state index contributed by atoms with van der Waals surface area (Å²) in [6.07, 6.45) is 2.36. The Morgan fingerprint density at radius 1 is 1.44 bits per heavy atom. The van der Waals surface area contributed by atoms with Crippen LogP contribution < -0.4 is 4.74 Å². The van der Waals surface area contributed by atoms with Gasteiger partial charge in [0.25, 0.3) is 0 Å². The van der Waals surface area contributed by atoms with Crippen LogP contribution in [-0.4, -0.2) is 36.8 Å². The molecule has 0 radical (unpaired) electrons. The van der Waals surface area contributed by atoms with Crippen LogP contribution in [0.2, 0.25) is 0 Å². The predicted octanol–water partition coefficient (Wildman–Crippen LogP) is 1.75. The molecule has 1 aromatic carbocycles. The maximum atomic E-state index is 9.77. The number of hydrogen-bond donors (Lipinski definition) is 1. The molecule has 1 fully saturated rings. The smallest absolute Gasteiger partial charge is 0.164 e. The Kier molecular flexibility index (Phi) is 2.11. The highest BCUT2D eigenvalue weighted by Crippen LogP contribution is 2.47. The molecular formula is C13H17NO2. The molecule has 1 saturated heterocycles. The molecule has 86 valence electrons. The van der Waals surface area contributed by atoms with Gasteiger partial charge in [-0.2, -0.15) is 0 Å². The van der Waals surface area contributed by atoms with E-state index in [1.54, 1.807) is 6.07 Å². The maximum Gasteiger partial charge on any atom is 0.164 e. The van der Waals surface area contributed by atoms with Crippen LogP contribution in [0.1, 0.15) is 18.4 Å². The van der Waals surface area contributed by atoms with Crippen molar-refractivity contribution < 1.29 is 9.84 Å².